The number of anilines is 1. The number of benzene rings is 1. The van der Waals surface area contributed by atoms with Gasteiger partial charge in [-0.2, -0.15) is 4.31 Å². The lowest BCUT2D eigenvalue weighted by atomic mass is 10.0. The highest BCUT2D eigenvalue weighted by Crippen LogP contribution is 2.35. The van der Waals surface area contributed by atoms with Crippen LogP contribution in [-0.2, 0) is 21.2 Å². The average Bonchev–Trinajstić information content (AvgIpc) is 3.04. The molecule has 0 aliphatic carbocycles. The third-order valence-corrected chi connectivity index (χ3v) is 7.27. The van der Waals surface area contributed by atoms with Crippen molar-refractivity contribution in [1.29, 1.82) is 0 Å². The first-order valence-electron chi connectivity index (χ1n) is 9.61. The third kappa shape index (κ3) is 3.98. The summed E-state index contributed by atoms with van der Waals surface area (Å²) in [6.45, 7) is 8.35. The van der Waals surface area contributed by atoms with Crippen LogP contribution in [0.15, 0.2) is 27.6 Å². The summed E-state index contributed by atoms with van der Waals surface area (Å²) in [5.41, 5.74) is 2.65. The second-order valence-electron chi connectivity index (χ2n) is 7.44. The number of nitrogens with zero attached hydrogens (tertiary/aromatic N) is 2. The third-order valence-electron chi connectivity index (χ3n) is 5.22. The van der Waals surface area contributed by atoms with E-state index in [2.05, 4.69) is 17.4 Å². The van der Waals surface area contributed by atoms with Crippen molar-refractivity contribution in [1.82, 2.24) is 9.46 Å². The second kappa shape index (κ2) is 8.05. The molecule has 0 bridgehead atoms. The van der Waals surface area contributed by atoms with Gasteiger partial charge in [0.2, 0.25) is 21.8 Å². The van der Waals surface area contributed by atoms with Crippen LogP contribution in [0.5, 0.6) is 0 Å². The highest BCUT2D eigenvalue weighted by Gasteiger charge is 2.30. The molecule has 0 saturated carbocycles. The molecule has 0 unspecified atom stereocenters. The van der Waals surface area contributed by atoms with Gasteiger partial charge in [-0.1, -0.05) is 31.1 Å². The van der Waals surface area contributed by atoms with Crippen LogP contribution in [0, 0.1) is 12.8 Å². The Balaban J connectivity index is 2.06. The lowest BCUT2D eigenvalue weighted by molar-refractivity contribution is -0.114. The number of carbonyl (C=O) groups excluding carboxylic acids is 1. The Morgan fingerprint density at radius 3 is 2.61 bits per heavy atom. The molecular weight excluding hydrogens is 378 g/mol. The van der Waals surface area contributed by atoms with E-state index in [1.54, 1.807) is 23.4 Å². The predicted octanol–water partition coefficient (Wildman–Crippen LogP) is 3.59. The lowest BCUT2D eigenvalue weighted by Crippen LogP contribution is -2.38. The zero-order chi connectivity index (χ0) is 20.5. The molecule has 0 radical (unpaired) electrons. The van der Waals surface area contributed by atoms with E-state index in [1.807, 2.05) is 13.0 Å². The summed E-state index contributed by atoms with van der Waals surface area (Å²) in [6.07, 6.45) is 2.34. The number of nitrogens with one attached hydrogen (secondary N) is 1. The van der Waals surface area contributed by atoms with Gasteiger partial charge in [0.05, 0.1) is 16.2 Å². The number of rotatable bonds is 5. The van der Waals surface area contributed by atoms with Crippen molar-refractivity contribution in [3.63, 3.8) is 0 Å². The molecule has 1 aromatic heterocycles. The molecule has 1 fully saturated rings. The van der Waals surface area contributed by atoms with E-state index in [-0.39, 0.29) is 16.7 Å². The highest BCUT2D eigenvalue weighted by atomic mass is 32.2. The molecule has 8 heteroatoms. The van der Waals surface area contributed by atoms with E-state index in [0.717, 1.165) is 12.8 Å². The van der Waals surface area contributed by atoms with E-state index in [0.29, 0.717) is 47.8 Å². The van der Waals surface area contributed by atoms with Crippen molar-refractivity contribution >= 4 is 21.8 Å². The molecule has 2 aromatic rings. The van der Waals surface area contributed by atoms with Gasteiger partial charge >= 0.3 is 0 Å². The Morgan fingerprint density at radius 2 is 2.00 bits per heavy atom. The molecule has 1 N–H and O–H groups in total. The number of sulfonamides is 1. The minimum atomic E-state index is -3.59. The fourth-order valence-corrected chi connectivity index (χ4v) is 5.23. The summed E-state index contributed by atoms with van der Waals surface area (Å²) >= 11 is 0. The molecule has 1 amide bonds. The molecule has 1 aliphatic rings. The van der Waals surface area contributed by atoms with Crippen LogP contribution in [0.1, 0.15) is 44.9 Å². The van der Waals surface area contributed by atoms with Crippen molar-refractivity contribution in [3.05, 3.63) is 29.5 Å². The van der Waals surface area contributed by atoms with E-state index < -0.39 is 10.0 Å². The van der Waals surface area contributed by atoms with Gasteiger partial charge in [-0.15, -0.1) is 0 Å². The summed E-state index contributed by atoms with van der Waals surface area (Å²) in [6, 6.07) is 5.29. The molecule has 2 heterocycles. The number of hydrogen-bond acceptors (Lipinski definition) is 5. The van der Waals surface area contributed by atoms with Gasteiger partial charge in [0.1, 0.15) is 0 Å². The van der Waals surface area contributed by atoms with Crippen molar-refractivity contribution in [2.24, 2.45) is 5.92 Å². The van der Waals surface area contributed by atoms with Gasteiger partial charge in [0.25, 0.3) is 0 Å². The van der Waals surface area contributed by atoms with Gasteiger partial charge in [-0.3, -0.25) is 10.1 Å². The monoisotopic (exact) mass is 405 g/mol. The smallest absolute Gasteiger partial charge is 0.243 e. The summed E-state index contributed by atoms with van der Waals surface area (Å²) < 4.78 is 33.4. The minimum Gasteiger partial charge on any atom is -0.337 e. The first-order chi connectivity index (χ1) is 13.2. The van der Waals surface area contributed by atoms with E-state index in [4.69, 9.17) is 4.52 Å². The first kappa shape index (κ1) is 20.5. The number of carbonyl (C=O) groups is 1. The Morgan fingerprint density at radius 1 is 1.32 bits per heavy atom. The van der Waals surface area contributed by atoms with Crippen LogP contribution in [0.25, 0.3) is 11.1 Å². The number of aromatic nitrogens is 1. The van der Waals surface area contributed by atoms with Crippen LogP contribution < -0.4 is 5.32 Å². The number of hydrogen-bond donors (Lipinski definition) is 1. The van der Waals surface area contributed by atoms with Crippen LogP contribution in [-0.4, -0.2) is 36.9 Å². The van der Waals surface area contributed by atoms with Gasteiger partial charge < -0.3 is 4.52 Å². The lowest BCUT2D eigenvalue weighted by Gasteiger charge is -2.30. The predicted molar refractivity (Wildman–Crippen MR) is 108 cm³/mol. The zero-order valence-electron chi connectivity index (χ0n) is 16.8. The van der Waals surface area contributed by atoms with E-state index in [1.165, 1.54) is 6.92 Å². The van der Waals surface area contributed by atoms with Crippen molar-refractivity contribution in [2.45, 2.75) is 51.9 Å². The zero-order valence-corrected chi connectivity index (χ0v) is 17.6. The van der Waals surface area contributed by atoms with Crippen LogP contribution in [0.4, 0.5) is 5.88 Å². The maximum absolute atomic E-state index is 13.3. The molecule has 152 valence electrons. The maximum atomic E-state index is 13.3. The summed E-state index contributed by atoms with van der Waals surface area (Å²) in [5, 5.41) is 6.67. The topological polar surface area (TPSA) is 92.5 Å². The molecule has 0 atom stereocenters. The fraction of sp³-hybridized carbons (Fsp3) is 0.500. The molecule has 0 spiro atoms. The van der Waals surface area contributed by atoms with Crippen LogP contribution >= 0.6 is 0 Å². The fourth-order valence-electron chi connectivity index (χ4n) is 3.51. The van der Waals surface area contributed by atoms with Crippen molar-refractivity contribution in [2.75, 3.05) is 18.4 Å². The van der Waals surface area contributed by atoms with Crippen molar-refractivity contribution in [3.8, 4) is 11.1 Å². The summed E-state index contributed by atoms with van der Waals surface area (Å²) in [5.74, 6) is 0.508. The number of piperidine rings is 1. The van der Waals surface area contributed by atoms with Gasteiger partial charge in [0, 0.05) is 20.0 Å². The highest BCUT2D eigenvalue weighted by molar-refractivity contribution is 7.89. The maximum Gasteiger partial charge on any atom is 0.243 e. The summed E-state index contributed by atoms with van der Waals surface area (Å²) in [4.78, 5) is 11.8. The van der Waals surface area contributed by atoms with E-state index >= 15 is 0 Å². The standard InChI is InChI=1S/C20H27N3O4S/c1-5-17-19(20(27-22-17)21-15(4)24)16-7-6-14(3)18(12-16)28(25,26)23-10-8-13(2)9-11-23/h6-7,12-13H,5,8-11H2,1-4H3,(H,21,24). The Labute approximate surface area is 166 Å². The molecule has 1 aliphatic heterocycles. The Bertz CT molecular complexity index is 973. The van der Waals surface area contributed by atoms with Gasteiger partial charge in [-0.05, 0) is 49.3 Å². The molecular formula is C20H27N3O4S. The minimum absolute atomic E-state index is 0.239. The molecule has 1 aromatic carbocycles. The average molecular weight is 406 g/mol. The van der Waals surface area contributed by atoms with Gasteiger partial charge in [-0.25, -0.2) is 8.42 Å². The molecule has 28 heavy (non-hydrogen) atoms. The Kier molecular flexibility index (Phi) is 5.90. The van der Waals surface area contributed by atoms with Crippen LogP contribution in [0.2, 0.25) is 0 Å². The van der Waals surface area contributed by atoms with Crippen LogP contribution in [0.3, 0.4) is 0 Å². The second-order valence-corrected chi connectivity index (χ2v) is 9.34. The molecule has 3 rings (SSSR count). The Hall–Kier alpha value is -2.19. The van der Waals surface area contributed by atoms with E-state index in [9.17, 15) is 13.2 Å². The molecule has 7 nitrogen and oxygen atoms in total. The summed E-state index contributed by atoms with van der Waals surface area (Å²) in [7, 11) is -3.59. The van der Waals surface area contributed by atoms with Gasteiger partial charge in [0.15, 0.2) is 0 Å². The number of amides is 1. The normalized spacial score (nSPS) is 16.3. The SMILES string of the molecule is CCc1noc(NC(C)=O)c1-c1ccc(C)c(S(=O)(=O)N2CCC(C)CC2)c1. The first-order valence-corrected chi connectivity index (χ1v) is 11.0. The largest absolute Gasteiger partial charge is 0.337 e. The quantitative estimate of drug-likeness (QED) is 0.821. The molecule has 1 saturated heterocycles. The number of aryl methyl sites for hydroxylation is 2. The van der Waals surface area contributed by atoms with Crippen molar-refractivity contribution < 1.29 is 17.7 Å².